The monoisotopic (exact) mass is 181 g/mol. The Bertz CT molecular complexity index is 323. The van der Waals surface area contributed by atoms with Crippen LogP contribution in [-0.4, -0.2) is 10.8 Å². The van der Waals surface area contributed by atoms with Crippen LogP contribution in [0.5, 0.6) is 0 Å². The second-order valence-corrected chi connectivity index (χ2v) is 5.93. The average Bonchev–Trinajstić information content (AvgIpc) is 2.04. The first-order valence-electron chi connectivity index (χ1n) is 4.66. The SMILES string of the molecule is NC(=O)C12C3C4C1C1C2C3C41Cl. The van der Waals surface area contributed by atoms with Gasteiger partial charge in [-0.15, -0.1) is 11.6 Å². The third kappa shape index (κ3) is 0.173. The van der Waals surface area contributed by atoms with E-state index in [0.29, 0.717) is 35.5 Å². The lowest BCUT2D eigenvalue weighted by molar-refractivity contribution is -0.579. The number of nitrogens with two attached hydrogens (primary N) is 1. The summed E-state index contributed by atoms with van der Waals surface area (Å²) < 4.78 is 0. The van der Waals surface area contributed by atoms with Gasteiger partial charge in [0, 0.05) is 0 Å². The average molecular weight is 182 g/mol. The summed E-state index contributed by atoms with van der Waals surface area (Å²) >= 11 is 6.40. The fraction of sp³-hybridized carbons (Fsp3) is 0.889. The molecule has 6 aliphatic rings. The highest BCUT2D eigenvalue weighted by molar-refractivity contribution is 6.29. The van der Waals surface area contributed by atoms with Crippen molar-refractivity contribution in [3.63, 3.8) is 0 Å². The van der Waals surface area contributed by atoms with Crippen molar-refractivity contribution in [2.24, 2.45) is 46.7 Å². The van der Waals surface area contributed by atoms with Gasteiger partial charge in [0.15, 0.2) is 0 Å². The van der Waals surface area contributed by atoms with Crippen molar-refractivity contribution in [2.45, 2.75) is 4.87 Å². The van der Waals surface area contributed by atoms with Crippen LogP contribution in [0.25, 0.3) is 0 Å². The van der Waals surface area contributed by atoms with Crippen molar-refractivity contribution in [3.8, 4) is 0 Å². The summed E-state index contributed by atoms with van der Waals surface area (Å²) in [5.74, 6) is 3.97. The molecule has 6 aliphatic carbocycles. The highest BCUT2D eigenvalue weighted by Crippen LogP contribution is 3.08. The second kappa shape index (κ2) is 0.955. The molecule has 1 amide bonds. The molecule has 0 aromatic rings. The second-order valence-electron chi connectivity index (χ2n) is 5.28. The third-order valence-corrected chi connectivity index (χ3v) is 6.69. The van der Waals surface area contributed by atoms with Crippen molar-refractivity contribution in [3.05, 3.63) is 0 Å². The molecule has 3 heteroatoms. The van der Waals surface area contributed by atoms with E-state index < -0.39 is 0 Å². The topological polar surface area (TPSA) is 43.1 Å². The highest BCUT2D eigenvalue weighted by atomic mass is 35.5. The quantitative estimate of drug-likeness (QED) is 0.577. The number of amides is 1. The Hall–Kier alpha value is -0.240. The zero-order valence-corrected chi connectivity index (χ0v) is 7.08. The third-order valence-electron chi connectivity index (χ3n) is 5.94. The molecule has 0 aromatic carbocycles. The molecule has 0 saturated heterocycles. The zero-order valence-electron chi connectivity index (χ0n) is 6.33. The number of hydrogen-bond acceptors (Lipinski definition) is 1. The molecule has 0 atom stereocenters. The molecule has 62 valence electrons. The molecule has 0 unspecified atom stereocenters. The number of halogens is 1. The van der Waals surface area contributed by atoms with E-state index in [0.717, 1.165) is 0 Å². The van der Waals surface area contributed by atoms with Crippen molar-refractivity contribution in [2.75, 3.05) is 0 Å². The maximum atomic E-state index is 11.3. The van der Waals surface area contributed by atoms with Crippen LogP contribution in [0.3, 0.4) is 0 Å². The van der Waals surface area contributed by atoms with Crippen LogP contribution in [0, 0.1) is 40.9 Å². The molecule has 6 fully saturated rings. The lowest BCUT2D eigenvalue weighted by Gasteiger charge is -3.09. The summed E-state index contributed by atoms with van der Waals surface area (Å²) in [6.45, 7) is 0. The van der Waals surface area contributed by atoms with Gasteiger partial charge < -0.3 is 5.73 Å². The van der Waals surface area contributed by atoms with Gasteiger partial charge in [0.25, 0.3) is 0 Å². The Morgan fingerprint density at radius 2 is 1.50 bits per heavy atom. The van der Waals surface area contributed by atoms with E-state index in [9.17, 15) is 4.79 Å². The first-order valence-corrected chi connectivity index (χ1v) is 5.04. The molecular weight excluding hydrogens is 174 g/mol. The molecule has 6 rings (SSSR count). The minimum absolute atomic E-state index is 0.00333. The highest BCUT2D eigenvalue weighted by Gasteiger charge is 3.11. The Kier molecular flexibility index (Phi) is 0.436. The Labute approximate surface area is 74.4 Å². The van der Waals surface area contributed by atoms with E-state index in [1.165, 1.54) is 0 Å². The molecule has 0 aromatic heterocycles. The van der Waals surface area contributed by atoms with E-state index in [4.69, 9.17) is 17.3 Å². The van der Waals surface area contributed by atoms with Gasteiger partial charge in [-0.05, 0) is 35.5 Å². The van der Waals surface area contributed by atoms with Crippen LogP contribution in [0.1, 0.15) is 0 Å². The summed E-state index contributed by atoms with van der Waals surface area (Å²) in [5.41, 5.74) is 5.45. The van der Waals surface area contributed by atoms with Crippen LogP contribution in [0.15, 0.2) is 0 Å². The fourth-order valence-corrected chi connectivity index (χ4v) is 6.70. The van der Waals surface area contributed by atoms with Crippen molar-refractivity contribution < 1.29 is 4.79 Å². The molecule has 0 bridgehead atoms. The number of rotatable bonds is 1. The number of alkyl halides is 1. The predicted molar refractivity (Wildman–Crippen MR) is 41.2 cm³/mol. The summed E-state index contributed by atoms with van der Waals surface area (Å²) in [5, 5.41) is 0. The molecule has 6 saturated carbocycles. The fourth-order valence-electron chi connectivity index (χ4n) is 5.89. The van der Waals surface area contributed by atoms with Gasteiger partial charge in [0.2, 0.25) is 5.91 Å². The maximum absolute atomic E-state index is 11.3. The molecule has 0 spiro atoms. The number of hydrogen-bond donors (Lipinski definition) is 1. The zero-order chi connectivity index (χ0) is 8.04. The lowest BCUT2D eigenvalue weighted by atomic mass is 8.96. The van der Waals surface area contributed by atoms with Gasteiger partial charge >= 0.3 is 0 Å². The number of primary amides is 1. The van der Waals surface area contributed by atoms with Crippen LogP contribution >= 0.6 is 11.6 Å². The predicted octanol–water partition coefficient (Wildman–Crippen LogP) is 0.201. The largest absolute Gasteiger partial charge is 0.369 e. The van der Waals surface area contributed by atoms with E-state index in [1.54, 1.807) is 0 Å². The maximum Gasteiger partial charge on any atom is 0.224 e. The van der Waals surface area contributed by atoms with Crippen LogP contribution in [0.4, 0.5) is 0 Å². The summed E-state index contributed by atoms with van der Waals surface area (Å²) in [6, 6.07) is 0. The van der Waals surface area contributed by atoms with Crippen molar-refractivity contribution in [1.82, 2.24) is 0 Å². The van der Waals surface area contributed by atoms with Gasteiger partial charge in [-0.1, -0.05) is 0 Å². The molecule has 2 nitrogen and oxygen atoms in total. The van der Waals surface area contributed by atoms with Crippen molar-refractivity contribution in [1.29, 1.82) is 0 Å². The Morgan fingerprint density at radius 3 is 1.83 bits per heavy atom. The summed E-state index contributed by atoms with van der Waals surface area (Å²) in [7, 11) is 0. The molecule has 2 N–H and O–H groups in total. The van der Waals surface area contributed by atoms with E-state index in [2.05, 4.69) is 0 Å². The van der Waals surface area contributed by atoms with Gasteiger partial charge in [-0.3, -0.25) is 4.79 Å². The lowest BCUT2D eigenvalue weighted by Crippen LogP contribution is -3.12. The first kappa shape index (κ1) is 5.48. The minimum atomic E-state index is -0.0235. The van der Waals surface area contributed by atoms with Crippen LogP contribution < -0.4 is 5.73 Å². The molecular formula is C9H8ClNO. The van der Waals surface area contributed by atoms with E-state index in [-0.39, 0.29) is 16.2 Å². The summed E-state index contributed by atoms with van der Waals surface area (Å²) in [4.78, 5) is 11.5. The normalized spacial score (nSPS) is 88.1. The number of carbonyl (C=O) groups excluding carboxylic acids is 1. The van der Waals surface area contributed by atoms with Crippen LogP contribution in [0.2, 0.25) is 0 Å². The molecule has 0 aliphatic heterocycles. The molecule has 12 heavy (non-hydrogen) atoms. The standard InChI is InChI=1S/C9H8ClNO/c10-9-4-1-5(9)3-6(9)2(4)8(1,3)7(11)12/h1-6H,(H2,11,12). The van der Waals surface area contributed by atoms with E-state index >= 15 is 0 Å². The Morgan fingerprint density at radius 1 is 1.08 bits per heavy atom. The van der Waals surface area contributed by atoms with Crippen LogP contribution in [-0.2, 0) is 4.79 Å². The van der Waals surface area contributed by atoms with Crippen molar-refractivity contribution >= 4 is 17.5 Å². The van der Waals surface area contributed by atoms with Gasteiger partial charge in [-0.25, -0.2) is 0 Å². The van der Waals surface area contributed by atoms with E-state index in [1.807, 2.05) is 0 Å². The smallest absolute Gasteiger partial charge is 0.224 e. The molecule has 0 heterocycles. The molecule has 0 radical (unpaired) electrons. The Balaban J connectivity index is 1.75. The summed E-state index contributed by atoms with van der Waals surface area (Å²) in [6.07, 6.45) is 0. The van der Waals surface area contributed by atoms with Gasteiger partial charge in [0.1, 0.15) is 0 Å². The first-order chi connectivity index (χ1) is 5.68. The van der Waals surface area contributed by atoms with Gasteiger partial charge in [-0.2, -0.15) is 0 Å². The van der Waals surface area contributed by atoms with Gasteiger partial charge in [0.05, 0.1) is 10.3 Å². The minimum Gasteiger partial charge on any atom is -0.369 e. The number of carbonyl (C=O) groups is 1.